The lowest BCUT2D eigenvalue weighted by atomic mass is 10.2. The molecule has 1 heterocycles. The zero-order valence-corrected chi connectivity index (χ0v) is 8.34. The smallest absolute Gasteiger partial charge is 0.211 e. The Hall–Kier alpha value is -1.81. The van der Waals surface area contributed by atoms with Gasteiger partial charge in [0.2, 0.25) is 5.89 Å². The van der Waals surface area contributed by atoms with Crippen molar-refractivity contribution in [2.24, 2.45) is 5.73 Å². The summed E-state index contributed by atoms with van der Waals surface area (Å²) in [4.78, 5) is 4.24. The van der Waals surface area contributed by atoms with Gasteiger partial charge >= 0.3 is 0 Å². The van der Waals surface area contributed by atoms with Crippen LogP contribution in [0, 0.1) is 0 Å². The molecule has 2 rings (SSSR count). The van der Waals surface area contributed by atoms with E-state index in [0.717, 1.165) is 11.3 Å². The Morgan fingerprint density at radius 3 is 2.53 bits per heavy atom. The molecular formula is C11H12N2O2. The van der Waals surface area contributed by atoms with Crippen LogP contribution >= 0.6 is 0 Å². The molecule has 1 atom stereocenters. The molecule has 3 N–H and O–H groups in total. The Morgan fingerprint density at radius 1 is 1.33 bits per heavy atom. The van der Waals surface area contributed by atoms with Gasteiger partial charge in [-0.05, 0) is 31.2 Å². The van der Waals surface area contributed by atoms with Crippen molar-refractivity contribution in [2.75, 3.05) is 0 Å². The van der Waals surface area contributed by atoms with E-state index < -0.39 is 0 Å². The lowest BCUT2D eigenvalue weighted by molar-refractivity contribution is 0.464. The summed E-state index contributed by atoms with van der Waals surface area (Å²) in [6.07, 6.45) is 1.56. The van der Waals surface area contributed by atoms with E-state index in [4.69, 9.17) is 15.3 Å². The molecule has 0 radical (unpaired) electrons. The molecule has 1 aromatic carbocycles. The summed E-state index contributed by atoms with van der Waals surface area (Å²) in [5.74, 6) is 0.743. The zero-order chi connectivity index (χ0) is 10.8. The van der Waals surface area contributed by atoms with Crippen molar-refractivity contribution < 1.29 is 9.52 Å². The minimum Gasteiger partial charge on any atom is -0.508 e. The fourth-order valence-electron chi connectivity index (χ4n) is 1.26. The first-order chi connectivity index (χ1) is 7.16. The monoisotopic (exact) mass is 204 g/mol. The molecular weight excluding hydrogens is 192 g/mol. The van der Waals surface area contributed by atoms with Gasteiger partial charge in [-0.15, -0.1) is 0 Å². The number of nitrogens with two attached hydrogens (primary N) is 1. The standard InChI is InChI=1S/C11H12N2O2/c1-7(12)11-13-10(6-15-11)8-2-4-9(14)5-3-8/h2-7,14H,12H2,1H3. The maximum Gasteiger partial charge on any atom is 0.211 e. The normalized spacial score (nSPS) is 12.7. The Kier molecular flexibility index (Phi) is 2.43. The Balaban J connectivity index is 2.33. The third-order valence-corrected chi connectivity index (χ3v) is 2.07. The van der Waals surface area contributed by atoms with Crippen LogP contribution in [0.5, 0.6) is 5.75 Å². The number of aromatic hydroxyl groups is 1. The number of oxazole rings is 1. The van der Waals surface area contributed by atoms with Gasteiger partial charge in [-0.2, -0.15) is 0 Å². The average molecular weight is 204 g/mol. The lowest BCUT2D eigenvalue weighted by Crippen LogP contribution is -2.04. The zero-order valence-electron chi connectivity index (χ0n) is 8.34. The molecule has 0 fully saturated rings. The summed E-state index contributed by atoms with van der Waals surface area (Å²) < 4.78 is 5.21. The fraction of sp³-hybridized carbons (Fsp3) is 0.182. The topological polar surface area (TPSA) is 72.3 Å². The van der Waals surface area contributed by atoms with Crippen LogP contribution in [0.2, 0.25) is 0 Å². The van der Waals surface area contributed by atoms with Gasteiger partial charge < -0.3 is 15.3 Å². The SMILES string of the molecule is CC(N)c1nc(-c2ccc(O)cc2)co1. The van der Waals surface area contributed by atoms with Crippen LogP contribution in [-0.4, -0.2) is 10.1 Å². The second kappa shape index (κ2) is 3.74. The van der Waals surface area contributed by atoms with Crippen molar-refractivity contribution in [2.45, 2.75) is 13.0 Å². The predicted octanol–water partition coefficient (Wildman–Crippen LogP) is 2.07. The molecule has 4 nitrogen and oxygen atoms in total. The van der Waals surface area contributed by atoms with Crippen LogP contribution in [-0.2, 0) is 0 Å². The van der Waals surface area contributed by atoms with Crippen molar-refractivity contribution in [1.82, 2.24) is 4.98 Å². The van der Waals surface area contributed by atoms with Crippen molar-refractivity contribution >= 4 is 0 Å². The number of phenols is 1. The number of aromatic nitrogens is 1. The van der Waals surface area contributed by atoms with Gasteiger partial charge in [0.25, 0.3) is 0 Å². The molecule has 0 saturated heterocycles. The molecule has 0 aliphatic heterocycles. The third kappa shape index (κ3) is 1.99. The van der Waals surface area contributed by atoms with Gasteiger partial charge in [-0.1, -0.05) is 0 Å². The molecule has 2 aromatic rings. The van der Waals surface area contributed by atoms with Gasteiger partial charge in [0.05, 0.1) is 6.04 Å². The molecule has 0 aliphatic rings. The van der Waals surface area contributed by atoms with Gasteiger partial charge in [-0.3, -0.25) is 0 Å². The van der Waals surface area contributed by atoms with Crippen LogP contribution in [0.4, 0.5) is 0 Å². The summed E-state index contributed by atoms with van der Waals surface area (Å²) >= 11 is 0. The minimum absolute atomic E-state index is 0.212. The first kappa shape index (κ1) is 9.73. The summed E-state index contributed by atoms with van der Waals surface area (Å²) in [5.41, 5.74) is 7.25. The Labute approximate surface area is 87.4 Å². The second-order valence-corrected chi connectivity index (χ2v) is 3.41. The molecule has 4 heteroatoms. The van der Waals surface area contributed by atoms with Crippen LogP contribution in [0.25, 0.3) is 11.3 Å². The highest BCUT2D eigenvalue weighted by atomic mass is 16.3. The summed E-state index contributed by atoms with van der Waals surface area (Å²) in [6.45, 7) is 1.81. The highest BCUT2D eigenvalue weighted by Gasteiger charge is 2.09. The van der Waals surface area contributed by atoms with E-state index in [0.29, 0.717) is 5.89 Å². The van der Waals surface area contributed by atoms with Crippen molar-refractivity contribution in [3.63, 3.8) is 0 Å². The Bertz CT molecular complexity index is 446. The Morgan fingerprint density at radius 2 is 2.00 bits per heavy atom. The number of hydrogen-bond acceptors (Lipinski definition) is 4. The largest absolute Gasteiger partial charge is 0.508 e. The highest BCUT2D eigenvalue weighted by molar-refractivity contribution is 5.58. The number of benzene rings is 1. The molecule has 0 aliphatic carbocycles. The fourth-order valence-corrected chi connectivity index (χ4v) is 1.26. The lowest BCUT2D eigenvalue weighted by Gasteiger charge is -1.96. The second-order valence-electron chi connectivity index (χ2n) is 3.41. The van der Waals surface area contributed by atoms with Crippen molar-refractivity contribution in [3.05, 3.63) is 36.4 Å². The van der Waals surface area contributed by atoms with Gasteiger partial charge in [-0.25, -0.2) is 4.98 Å². The van der Waals surface area contributed by atoms with E-state index in [-0.39, 0.29) is 11.8 Å². The average Bonchev–Trinajstić information content (AvgIpc) is 2.68. The van der Waals surface area contributed by atoms with E-state index in [2.05, 4.69) is 4.98 Å². The molecule has 1 unspecified atom stereocenters. The van der Waals surface area contributed by atoms with Crippen molar-refractivity contribution in [3.8, 4) is 17.0 Å². The molecule has 0 spiro atoms. The number of phenolic OH excluding ortho intramolecular Hbond substituents is 1. The number of nitrogens with zero attached hydrogens (tertiary/aromatic N) is 1. The van der Waals surface area contributed by atoms with E-state index in [9.17, 15) is 0 Å². The molecule has 0 amide bonds. The maximum atomic E-state index is 9.13. The van der Waals surface area contributed by atoms with E-state index in [1.165, 1.54) is 0 Å². The molecule has 78 valence electrons. The molecule has 1 aromatic heterocycles. The van der Waals surface area contributed by atoms with Crippen LogP contribution < -0.4 is 5.73 Å². The van der Waals surface area contributed by atoms with Gasteiger partial charge in [0.1, 0.15) is 17.7 Å². The van der Waals surface area contributed by atoms with E-state index in [1.54, 1.807) is 30.5 Å². The van der Waals surface area contributed by atoms with Crippen molar-refractivity contribution in [1.29, 1.82) is 0 Å². The molecule has 0 bridgehead atoms. The minimum atomic E-state index is -0.212. The predicted molar refractivity (Wildman–Crippen MR) is 56.2 cm³/mol. The summed E-state index contributed by atoms with van der Waals surface area (Å²) in [7, 11) is 0. The number of rotatable bonds is 2. The quantitative estimate of drug-likeness (QED) is 0.785. The molecule has 0 saturated carbocycles. The van der Waals surface area contributed by atoms with E-state index in [1.807, 2.05) is 6.92 Å². The maximum absolute atomic E-state index is 9.13. The van der Waals surface area contributed by atoms with Gasteiger partial charge in [0, 0.05) is 5.56 Å². The summed E-state index contributed by atoms with van der Waals surface area (Å²) in [5, 5.41) is 9.13. The van der Waals surface area contributed by atoms with Crippen LogP contribution in [0.3, 0.4) is 0 Å². The third-order valence-electron chi connectivity index (χ3n) is 2.07. The van der Waals surface area contributed by atoms with E-state index >= 15 is 0 Å². The first-order valence-electron chi connectivity index (χ1n) is 4.67. The summed E-state index contributed by atoms with van der Waals surface area (Å²) in [6, 6.07) is 6.55. The first-order valence-corrected chi connectivity index (χ1v) is 4.67. The molecule has 15 heavy (non-hydrogen) atoms. The van der Waals surface area contributed by atoms with Crippen LogP contribution in [0.15, 0.2) is 34.9 Å². The number of hydrogen-bond donors (Lipinski definition) is 2. The highest BCUT2D eigenvalue weighted by Crippen LogP contribution is 2.22. The van der Waals surface area contributed by atoms with Gasteiger partial charge in [0.15, 0.2) is 0 Å². The van der Waals surface area contributed by atoms with Crippen LogP contribution in [0.1, 0.15) is 18.9 Å².